The summed E-state index contributed by atoms with van der Waals surface area (Å²) in [5, 5.41) is 21.1. The van der Waals surface area contributed by atoms with Crippen LogP contribution in [0, 0.1) is 24.1 Å². The Morgan fingerprint density at radius 3 is 2.50 bits per heavy atom. The van der Waals surface area contributed by atoms with Crippen LogP contribution in [0.4, 0.5) is 4.39 Å². The first-order chi connectivity index (χ1) is 15.0. The highest BCUT2D eigenvalue weighted by molar-refractivity contribution is 6.01. The Morgan fingerprint density at radius 1 is 1.19 bits per heavy atom. The number of phenolic OH excluding ortho intramolecular Hbond substituents is 1. The van der Waals surface area contributed by atoms with E-state index in [1.54, 1.807) is 31.2 Å². The first-order valence-corrected chi connectivity index (χ1v) is 10.8. The molecule has 0 spiro atoms. The lowest BCUT2D eigenvalue weighted by molar-refractivity contribution is -0.165. The van der Waals surface area contributed by atoms with Gasteiger partial charge in [-0.05, 0) is 66.1 Å². The lowest BCUT2D eigenvalue weighted by Gasteiger charge is -2.48. The number of ether oxygens (including phenoxy) is 1. The molecule has 168 valence electrons. The number of phenols is 1. The highest BCUT2D eigenvalue weighted by Crippen LogP contribution is 2.49. The van der Waals surface area contributed by atoms with Gasteiger partial charge in [0.15, 0.2) is 0 Å². The zero-order valence-electron chi connectivity index (χ0n) is 18.9. The molecule has 0 radical (unpaired) electrons. The number of fused-ring (bicyclic) bond motifs is 1. The topological polar surface area (TPSA) is 79.7 Å². The standard InChI is InChI=1S/C26H28FNO4/c1-13(2)23-22(15-6-9-20(27)14(3)10-15)17-8-7-16(29)11-18(17)24(28-23)32-21-12-19(25(30)31)26(21,4)5/h6-11,13,19,21,29H,12H2,1-5H3,(H,30,31)/t19-,21?/m0/s1. The van der Waals surface area contributed by atoms with Crippen molar-refractivity contribution in [3.63, 3.8) is 0 Å². The maximum absolute atomic E-state index is 13.9. The Morgan fingerprint density at radius 2 is 1.91 bits per heavy atom. The number of rotatable bonds is 5. The average Bonchev–Trinajstić information content (AvgIpc) is 2.71. The molecule has 0 amide bonds. The van der Waals surface area contributed by atoms with Crippen molar-refractivity contribution in [3.8, 4) is 22.8 Å². The first kappa shape index (κ1) is 22.1. The molecule has 2 aromatic carbocycles. The van der Waals surface area contributed by atoms with Gasteiger partial charge in [0.1, 0.15) is 17.7 Å². The Balaban J connectivity index is 1.90. The summed E-state index contributed by atoms with van der Waals surface area (Å²) in [6.07, 6.45) is 0.0980. The van der Waals surface area contributed by atoms with Crippen LogP contribution >= 0.6 is 0 Å². The third-order valence-electron chi connectivity index (χ3n) is 6.70. The molecular weight excluding hydrogens is 409 g/mol. The van der Waals surface area contributed by atoms with Gasteiger partial charge in [-0.15, -0.1) is 0 Å². The van der Waals surface area contributed by atoms with Gasteiger partial charge in [-0.1, -0.05) is 33.8 Å². The third-order valence-corrected chi connectivity index (χ3v) is 6.70. The molecule has 1 fully saturated rings. The molecule has 1 heterocycles. The molecule has 4 rings (SSSR count). The first-order valence-electron chi connectivity index (χ1n) is 10.8. The minimum atomic E-state index is -0.824. The van der Waals surface area contributed by atoms with E-state index in [1.165, 1.54) is 6.07 Å². The maximum Gasteiger partial charge on any atom is 0.307 e. The second kappa shape index (κ2) is 7.76. The number of hydrogen-bond acceptors (Lipinski definition) is 4. The quantitative estimate of drug-likeness (QED) is 0.507. The van der Waals surface area contributed by atoms with Gasteiger partial charge < -0.3 is 14.9 Å². The summed E-state index contributed by atoms with van der Waals surface area (Å²) < 4.78 is 20.2. The van der Waals surface area contributed by atoms with Crippen LogP contribution in [0.15, 0.2) is 36.4 Å². The fourth-order valence-electron chi connectivity index (χ4n) is 4.54. The molecule has 1 aliphatic rings. The number of benzene rings is 2. The number of carboxylic acid groups (broad SMARTS) is 1. The number of aryl methyl sites for hydroxylation is 1. The van der Waals surface area contributed by atoms with Crippen LogP contribution in [0.2, 0.25) is 0 Å². The van der Waals surface area contributed by atoms with E-state index in [1.807, 2.05) is 33.8 Å². The summed E-state index contributed by atoms with van der Waals surface area (Å²) in [6, 6.07) is 10.0. The molecule has 2 N–H and O–H groups in total. The summed E-state index contributed by atoms with van der Waals surface area (Å²) in [7, 11) is 0. The van der Waals surface area contributed by atoms with Crippen molar-refractivity contribution < 1.29 is 24.1 Å². The van der Waals surface area contributed by atoms with Crippen LogP contribution in [0.3, 0.4) is 0 Å². The zero-order chi connectivity index (χ0) is 23.4. The van der Waals surface area contributed by atoms with Crippen molar-refractivity contribution in [2.75, 3.05) is 0 Å². The molecule has 1 aromatic heterocycles. The summed E-state index contributed by atoms with van der Waals surface area (Å²) in [5.74, 6) is -1.05. The van der Waals surface area contributed by atoms with Gasteiger partial charge in [0.2, 0.25) is 5.88 Å². The zero-order valence-corrected chi connectivity index (χ0v) is 18.9. The highest BCUT2D eigenvalue weighted by Gasteiger charge is 2.54. The molecule has 0 saturated heterocycles. The van der Waals surface area contributed by atoms with Crippen molar-refractivity contribution in [2.45, 2.75) is 53.1 Å². The fourth-order valence-corrected chi connectivity index (χ4v) is 4.54. The number of aromatic nitrogens is 1. The number of aliphatic carboxylic acids is 1. The lowest BCUT2D eigenvalue weighted by Crippen LogP contribution is -2.55. The Bertz CT molecular complexity index is 1220. The fraction of sp³-hybridized carbons (Fsp3) is 0.385. The Kier molecular flexibility index (Phi) is 5.35. The van der Waals surface area contributed by atoms with Crippen LogP contribution in [0.5, 0.6) is 11.6 Å². The molecule has 1 unspecified atom stereocenters. The van der Waals surface area contributed by atoms with E-state index in [0.29, 0.717) is 23.3 Å². The van der Waals surface area contributed by atoms with E-state index in [0.717, 1.165) is 22.2 Å². The van der Waals surface area contributed by atoms with Gasteiger partial charge in [-0.2, -0.15) is 0 Å². The van der Waals surface area contributed by atoms with Crippen molar-refractivity contribution in [1.29, 1.82) is 0 Å². The van der Waals surface area contributed by atoms with Crippen LogP contribution in [-0.2, 0) is 4.79 Å². The second-order valence-electron chi connectivity index (χ2n) is 9.58. The summed E-state index contributed by atoms with van der Waals surface area (Å²) >= 11 is 0. The number of nitrogens with zero attached hydrogens (tertiary/aromatic N) is 1. The molecule has 3 aromatic rings. The van der Waals surface area contributed by atoms with E-state index < -0.39 is 17.3 Å². The molecule has 6 heteroatoms. The van der Waals surface area contributed by atoms with Gasteiger partial charge in [-0.25, -0.2) is 9.37 Å². The third kappa shape index (κ3) is 3.57. The molecule has 1 aliphatic carbocycles. The molecule has 0 aliphatic heterocycles. The van der Waals surface area contributed by atoms with Crippen molar-refractivity contribution in [3.05, 3.63) is 53.5 Å². The van der Waals surface area contributed by atoms with Crippen LogP contribution < -0.4 is 4.74 Å². The van der Waals surface area contributed by atoms with E-state index in [-0.39, 0.29) is 23.6 Å². The van der Waals surface area contributed by atoms with Crippen molar-refractivity contribution in [2.24, 2.45) is 11.3 Å². The van der Waals surface area contributed by atoms with Gasteiger partial charge in [0.25, 0.3) is 0 Å². The summed E-state index contributed by atoms with van der Waals surface area (Å²) in [5.41, 5.74) is 2.52. The predicted molar refractivity (Wildman–Crippen MR) is 122 cm³/mol. The molecule has 1 saturated carbocycles. The van der Waals surface area contributed by atoms with E-state index in [2.05, 4.69) is 0 Å². The number of carbonyl (C=O) groups is 1. The minimum absolute atomic E-state index is 0.0529. The van der Waals surface area contributed by atoms with Gasteiger partial charge in [0.05, 0.1) is 11.6 Å². The molecule has 5 nitrogen and oxygen atoms in total. The van der Waals surface area contributed by atoms with Gasteiger partial charge in [0, 0.05) is 16.4 Å². The largest absolute Gasteiger partial charge is 0.508 e. The number of hydrogen-bond donors (Lipinski definition) is 2. The number of pyridine rings is 1. The predicted octanol–water partition coefficient (Wildman–Crippen LogP) is 6.06. The number of halogens is 1. The molecule has 0 bridgehead atoms. The smallest absolute Gasteiger partial charge is 0.307 e. The number of aromatic hydroxyl groups is 1. The van der Waals surface area contributed by atoms with Crippen LogP contribution in [0.1, 0.15) is 51.3 Å². The summed E-state index contributed by atoms with van der Waals surface area (Å²) in [6.45, 7) is 9.57. The van der Waals surface area contributed by atoms with Crippen LogP contribution in [-0.4, -0.2) is 27.3 Å². The normalized spacial score (nSPS) is 19.7. The van der Waals surface area contributed by atoms with E-state index >= 15 is 0 Å². The molecular formula is C26H28FNO4. The van der Waals surface area contributed by atoms with Gasteiger partial charge >= 0.3 is 5.97 Å². The SMILES string of the molecule is Cc1cc(-c2c(C(C)C)nc(OC3C[C@@H](C(=O)O)C3(C)C)c3cc(O)ccc23)ccc1F. The van der Waals surface area contributed by atoms with Crippen molar-refractivity contribution >= 4 is 16.7 Å². The molecule has 32 heavy (non-hydrogen) atoms. The molecule has 2 atom stereocenters. The van der Waals surface area contributed by atoms with Crippen LogP contribution in [0.25, 0.3) is 21.9 Å². The highest BCUT2D eigenvalue weighted by atomic mass is 19.1. The second-order valence-corrected chi connectivity index (χ2v) is 9.58. The van der Waals surface area contributed by atoms with E-state index in [9.17, 15) is 19.4 Å². The lowest BCUT2D eigenvalue weighted by atomic mass is 9.60. The van der Waals surface area contributed by atoms with Crippen molar-refractivity contribution in [1.82, 2.24) is 4.98 Å². The number of carboxylic acids is 1. The minimum Gasteiger partial charge on any atom is -0.508 e. The maximum atomic E-state index is 13.9. The Hall–Kier alpha value is -3.15. The Labute approximate surface area is 186 Å². The summed E-state index contributed by atoms with van der Waals surface area (Å²) in [4.78, 5) is 16.4. The van der Waals surface area contributed by atoms with E-state index in [4.69, 9.17) is 9.72 Å². The monoisotopic (exact) mass is 437 g/mol. The van der Waals surface area contributed by atoms with Gasteiger partial charge in [-0.3, -0.25) is 4.79 Å². The average molecular weight is 438 g/mol.